The highest BCUT2D eigenvalue weighted by Crippen LogP contribution is 2.23. The molecule has 0 radical (unpaired) electrons. The van der Waals surface area contributed by atoms with Gasteiger partial charge in [-0.3, -0.25) is 0 Å². The fourth-order valence-corrected chi connectivity index (χ4v) is 2.22. The molecular formula is C15H26BrN3O. The number of hydrogen-bond donors (Lipinski definition) is 1. The lowest BCUT2D eigenvalue weighted by Gasteiger charge is -2.28. The van der Waals surface area contributed by atoms with Gasteiger partial charge in [0.2, 0.25) is 0 Å². The van der Waals surface area contributed by atoms with Crippen LogP contribution in [-0.4, -0.2) is 37.3 Å². The Morgan fingerprint density at radius 3 is 2.65 bits per heavy atom. The van der Waals surface area contributed by atoms with Gasteiger partial charge in [0.15, 0.2) is 0 Å². The summed E-state index contributed by atoms with van der Waals surface area (Å²) in [4.78, 5) is 6.73. The Hall–Kier alpha value is -0.650. The number of hydrogen-bond acceptors (Lipinski definition) is 4. The number of ether oxygens (including phenoxy) is 1. The second-order valence-corrected chi connectivity index (χ2v) is 7.07. The number of methoxy groups -OCH3 is 1. The lowest BCUT2D eigenvalue weighted by atomic mass is 10.1. The summed E-state index contributed by atoms with van der Waals surface area (Å²) in [5.74, 6) is 0.995. The summed E-state index contributed by atoms with van der Waals surface area (Å²) in [5, 5.41) is 3.51. The van der Waals surface area contributed by atoms with Gasteiger partial charge in [-0.05, 0) is 49.7 Å². The first-order valence-electron chi connectivity index (χ1n) is 6.86. The number of pyridine rings is 1. The van der Waals surface area contributed by atoms with Gasteiger partial charge in [-0.25, -0.2) is 4.98 Å². The van der Waals surface area contributed by atoms with Gasteiger partial charge in [0.25, 0.3) is 0 Å². The van der Waals surface area contributed by atoms with Crippen molar-refractivity contribution < 1.29 is 4.74 Å². The van der Waals surface area contributed by atoms with Crippen LogP contribution in [0.4, 0.5) is 5.82 Å². The maximum atomic E-state index is 5.23. The molecule has 5 heteroatoms. The number of nitrogens with one attached hydrogen (secondary N) is 1. The Balaban J connectivity index is 2.94. The van der Waals surface area contributed by atoms with E-state index in [1.165, 1.54) is 5.56 Å². The summed E-state index contributed by atoms with van der Waals surface area (Å²) in [6.07, 6.45) is 1.84. The maximum absolute atomic E-state index is 5.23. The van der Waals surface area contributed by atoms with Crippen LogP contribution in [0.25, 0.3) is 0 Å². The van der Waals surface area contributed by atoms with E-state index in [2.05, 4.69) is 71.9 Å². The Morgan fingerprint density at radius 1 is 1.45 bits per heavy atom. The quantitative estimate of drug-likeness (QED) is 0.860. The number of aromatic nitrogens is 1. The summed E-state index contributed by atoms with van der Waals surface area (Å²) in [7, 11) is 3.78. The lowest BCUT2D eigenvalue weighted by molar-refractivity contribution is 0.183. The molecule has 1 atom stereocenters. The highest BCUT2D eigenvalue weighted by Gasteiger charge is 2.17. The van der Waals surface area contributed by atoms with Gasteiger partial charge >= 0.3 is 0 Å². The average Bonchev–Trinajstić information content (AvgIpc) is 2.35. The van der Waals surface area contributed by atoms with Crippen molar-refractivity contribution in [2.45, 2.75) is 45.8 Å². The summed E-state index contributed by atoms with van der Waals surface area (Å²) in [6.45, 7) is 10.1. The Labute approximate surface area is 131 Å². The molecule has 114 valence electrons. The van der Waals surface area contributed by atoms with Crippen LogP contribution in [0.5, 0.6) is 0 Å². The minimum atomic E-state index is 0.0797. The minimum Gasteiger partial charge on any atom is -0.383 e. The average molecular weight is 344 g/mol. The van der Waals surface area contributed by atoms with E-state index >= 15 is 0 Å². The first kappa shape index (κ1) is 17.4. The molecule has 4 nitrogen and oxygen atoms in total. The van der Waals surface area contributed by atoms with Crippen LogP contribution in [0, 0.1) is 0 Å². The van der Waals surface area contributed by atoms with E-state index in [1.807, 2.05) is 6.20 Å². The first-order valence-corrected chi connectivity index (χ1v) is 7.65. The van der Waals surface area contributed by atoms with Gasteiger partial charge in [0, 0.05) is 42.5 Å². The molecule has 1 rings (SSSR count). The van der Waals surface area contributed by atoms with Crippen LogP contribution in [0.3, 0.4) is 0 Å². The van der Waals surface area contributed by atoms with Crippen molar-refractivity contribution in [3.63, 3.8) is 0 Å². The monoisotopic (exact) mass is 343 g/mol. The van der Waals surface area contributed by atoms with Crippen LogP contribution in [0.1, 0.15) is 33.3 Å². The normalized spacial score (nSPS) is 13.3. The molecule has 1 aromatic heterocycles. The number of anilines is 1. The second-order valence-electron chi connectivity index (χ2n) is 6.16. The molecule has 1 N–H and O–H groups in total. The number of nitrogens with zero attached hydrogens (tertiary/aromatic N) is 2. The zero-order valence-corrected chi connectivity index (χ0v) is 14.9. The maximum Gasteiger partial charge on any atom is 0.133 e. The van der Waals surface area contributed by atoms with Crippen molar-refractivity contribution in [3.8, 4) is 0 Å². The van der Waals surface area contributed by atoms with Crippen LogP contribution in [0.15, 0.2) is 16.7 Å². The molecule has 0 aromatic carbocycles. The smallest absolute Gasteiger partial charge is 0.133 e. The van der Waals surface area contributed by atoms with Crippen molar-refractivity contribution in [3.05, 3.63) is 22.3 Å². The molecule has 1 aromatic rings. The largest absolute Gasteiger partial charge is 0.383 e. The third-order valence-electron chi connectivity index (χ3n) is 3.12. The van der Waals surface area contributed by atoms with Crippen molar-refractivity contribution >= 4 is 21.7 Å². The number of rotatable bonds is 6. The molecule has 1 heterocycles. The molecule has 0 amide bonds. The summed E-state index contributed by atoms with van der Waals surface area (Å²) >= 11 is 3.50. The molecule has 0 fully saturated rings. The van der Waals surface area contributed by atoms with E-state index in [4.69, 9.17) is 4.74 Å². The molecule has 1 unspecified atom stereocenters. The standard InChI is InChI=1S/C15H26BrN3O/c1-11(10-20-6)19(5)14-12(7-13(16)9-17-14)8-18-15(2,3)4/h7,9,11,18H,8,10H2,1-6H3. The van der Waals surface area contributed by atoms with E-state index in [-0.39, 0.29) is 11.6 Å². The fraction of sp³-hybridized carbons (Fsp3) is 0.667. The van der Waals surface area contributed by atoms with Crippen molar-refractivity contribution in [2.75, 3.05) is 25.7 Å². The predicted molar refractivity (Wildman–Crippen MR) is 88.3 cm³/mol. The Bertz CT molecular complexity index is 432. The SMILES string of the molecule is COCC(C)N(C)c1ncc(Br)cc1CNC(C)(C)C. The lowest BCUT2D eigenvalue weighted by Crippen LogP contribution is -2.37. The van der Waals surface area contributed by atoms with Gasteiger partial charge in [0.05, 0.1) is 12.6 Å². The van der Waals surface area contributed by atoms with Crippen LogP contribution >= 0.6 is 15.9 Å². The summed E-state index contributed by atoms with van der Waals surface area (Å²) in [5.41, 5.74) is 1.26. The van der Waals surface area contributed by atoms with E-state index in [9.17, 15) is 0 Å². The molecule has 0 aliphatic heterocycles. The van der Waals surface area contributed by atoms with E-state index < -0.39 is 0 Å². The van der Waals surface area contributed by atoms with Gasteiger partial charge in [-0.2, -0.15) is 0 Å². The highest BCUT2D eigenvalue weighted by atomic mass is 79.9. The highest BCUT2D eigenvalue weighted by molar-refractivity contribution is 9.10. The van der Waals surface area contributed by atoms with Gasteiger partial charge in [-0.15, -0.1) is 0 Å². The number of likely N-dealkylation sites (N-methyl/N-ethyl adjacent to an activating group) is 1. The molecule has 0 aliphatic rings. The predicted octanol–water partition coefficient (Wildman–Crippen LogP) is 3.20. The van der Waals surface area contributed by atoms with Crippen molar-refractivity contribution in [1.29, 1.82) is 0 Å². The summed E-state index contributed by atoms with van der Waals surface area (Å²) < 4.78 is 6.23. The third-order valence-corrected chi connectivity index (χ3v) is 3.56. The van der Waals surface area contributed by atoms with Crippen LogP contribution in [0.2, 0.25) is 0 Å². The Kier molecular flexibility index (Phi) is 6.43. The zero-order chi connectivity index (χ0) is 15.3. The van der Waals surface area contributed by atoms with E-state index in [0.29, 0.717) is 6.61 Å². The topological polar surface area (TPSA) is 37.4 Å². The van der Waals surface area contributed by atoms with Gasteiger partial charge in [0.1, 0.15) is 5.82 Å². The molecule has 0 saturated heterocycles. The molecule has 0 spiro atoms. The molecule has 0 saturated carbocycles. The molecule has 0 aliphatic carbocycles. The molecular weight excluding hydrogens is 318 g/mol. The van der Waals surface area contributed by atoms with Crippen molar-refractivity contribution in [1.82, 2.24) is 10.3 Å². The van der Waals surface area contributed by atoms with Gasteiger partial charge < -0.3 is 15.0 Å². The molecule has 0 bridgehead atoms. The fourth-order valence-electron chi connectivity index (χ4n) is 1.84. The van der Waals surface area contributed by atoms with E-state index in [0.717, 1.165) is 16.8 Å². The first-order chi connectivity index (χ1) is 9.24. The summed E-state index contributed by atoms with van der Waals surface area (Å²) in [6, 6.07) is 2.40. The number of halogens is 1. The molecule has 20 heavy (non-hydrogen) atoms. The minimum absolute atomic E-state index is 0.0797. The van der Waals surface area contributed by atoms with Crippen molar-refractivity contribution in [2.24, 2.45) is 0 Å². The van der Waals surface area contributed by atoms with E-state index in [1.54, 1.807) is 7.11 Å². The Morgan fingerprint density at radius 2 is 2.10 bits per heavy atom. The zero-order valence-electron chi connectivity index (χ0n) is 13.3. The van der Waals surface area contributed by atoms with Gasteiger partial charge in [-0.1, -0.05) is 0 Å². The van der Waals surface area contributed by atoms with Crippen LogP contribution < -0.4 is 10.2 Å². The second kappa shape index (κ2) is 7.38. The van der Waals surface area contributed by atoms with Crippen LogP contribution in [-0.2, 0) is 11.3 Å². The third kappa shape index (κ3) is 5.38.